The zero-order valence-electron chi connectivity index (χ0n) is 15.8. The van der Waals surface area contributed by atoms with E-state index >= 15 is 0 Å². The number of pyridine rings is 1. The highest BCUT2D eigenvalue weighted by Gasteiger charge is 2.28. The molecule has 2 aromatic rings. The molecule has 2 amide bonds. The third-order valence-electron chi connectivity index (χ3n) is 3.99. The lowest BCUT2D eigenvalue weighted by molar-refractivity contribution is -0.116. The van der Waals surface area contributed by atoms with Gasteiger partial charge >= 0.3 is 6.09 Å². The van der Waals surface area contributed by atoms with Crippen molar-refractivity contribution >= 4 is 28.5 Å². The van der Waals surface area contributed by atoms with E-state index in [0.717, 1.165) is 16.1 Å². The minimum atomic E-state index is -0.515. The number of aromatic nitrogens is 2. The normalized spacial score (nSPS) is 13.8. The van der Waals surface area contributed by atoms with Crippen molar-refractivity contribution < 1.29 is 14.3 Å². The van der Waals surface area contributed by atoms with Crippen molar-refractivity contribution in [2.75, 3.05) is 11.9 Å². The number of fused-ring (bicyclic) bond motifs is 1. The van der Waals surface area contributed by atoms with Gasteiger partial charge < -0.3 is 15.0 Å². The molecule has 0 radical (unpaired) electrons. The first-order chi connectivity index (χ1) is 12.8. The van der Waals surface area contributed by atoms with Gasteiger partial charge in [0.05, 0.1) is 12.2 Å². The molecule has 1 aliphatic rings. The van der Waals surface area contributed by atoms with Gasteiger partial charge in [0.1, 0.15) is 5.60 Å². The highest BCUT2D eigenvalue weighted by atomic mass is 32.1. The molecule has 7 nitrogen and oxygen atoms in total. The van der Waals surface area contributed by atoms with Crippen LogP contribution in [0.4, 0.5) is 9.93 Å². The molecule has 3 rings (SSSR count). The van der Waals surface area contributed by atoms with E-state index in [9.17, 15) is 9.59 Å². The molecule has 0 saturated carbocycles. The second kappa shape index (κ2) is 8.04. The van der Waals surface area contributed by atoms with Crippen LogP contribution in [0, 0.1) is 0 Å². The maximum atomic E-state index is 12.2. The number of carbonyl (C=O) groups excluding carboxylic acids is 2. The Labute approximate surface area is 162 Å². The Morgan fingerprint density at radius 3 is 2.89 bits per heavy atom. The van der Waals surface area contributed by atoms with Crippen molar-refractivity contribution in [1.29, 1.82) is 0 Å². The smallest absolute Gasteiger partial charge is 0.410 e. The van der Waals surface area contributed by atoms with Crippen LogP contribution >= 0.6 is 11.3 Å². The minimum absolute atomic E-state index is 0.0750. The molecule has 8 heteroatoms. The van der Waals surface area contributed by atoms with Crippen LogP contribution in [0.5, 0.6) is 0 Å². The Balaban J connectivity index is 1.55. The third-order valence-corrected chi connectivity index (χ3v) is 4.99. The van der Waals surface area contributed by atoms with E-state index in [4.69, 9.17) is 4.74 Å². The van der Waals surface area contributed by atoms with Crippen LogP contribution in [0.25, 0.3) is 0 Å². The van der Waals surface area contributed by atoms with Gasteiger partial charge in [0.2, 0.25) is 5.91 Å². The molecule has 0 spiro atoms. The summed E-state index contributed by atoms with van der Waals surface area (Å²) >= 11 is 1.42. The van der Waals surface area contributed by atoms with Gasteiger partial charge in [0.25, 0.3) is 0 Å². The van der Waals surface area contributed by atoms with Gasteiger partial charge in [0, 0.05) is 36.7 Å². The summed E-state index contributed by atoms with van der Waals surface area (Å²) in [6, 6.07) is 3.81. The molecule has 0 fully saturated rings. The summed E-state index contributed by atoms with van der Waals surface area (Å²) < 4.78 is 5.43. The number of rotatable bonds is 4. The first kappa shape index (κ1) is 19.3. The van der Waals surface area contributed by atoms with Crippen LogP contribution in [0.1, 0.15) is 43.3 Å². The summed E-state index contributed by atoms with van der Waals surface area (Å²) in [4.78, 5) is 35.7. The highest BCUT2D eigenvalue weighted by Crippen LogP contribution is 2.29. The monoisotopic (exact) mass is 388 g/mol. The fourth-order valence-corrected chi connectivity index (χ4v) is 3.76. The molecule has 1 N–H and O–H groups in total. The SMILES string of the molecule is CC(C)(C)OC(=O)N1CCc2nc(NC(=O)CCc3cccnc3)sc2C1. The Bertz CT molecular complexity index is 814. The van der Waals surface area contributed by atoms with Crippen LogP contribution in [0.15, 0.2) is 24.5 Å². The van der Waals surface area contributed by atoms with E-state index in [2.05, 4.69) is 15.3 Å². The predicted molar refractivity (Wildman–Crippen MR) is 104 cm³/mol. The first-order valence-corrected chi connectivity index (χ1v) is 9.77. The maximum absolute atomic E-state index is 12.2. The second-order valence-corrected chi connectivity index (χ2v) is 8.53. The fourth-order valence-electron chi connectivity index (χ4n) is 2.72. The lowest BCUT2D eigenvalue weighted by Gasteiger charge is -2.29. The standard InChI is InChI=1S/C19H24N4O3S/c1-19(2,3)26-18(25)23-10-8-14-15(12-23)27-17(21-14)22-16(24)7-6-13-5-4-9-20-11-13/h4-5,9,11H,6-8,10,12H2,1-3H3,(H,21,22,24). The third kappa shape index (κ3) is 5.50. The van der Waals surface area contributed by atoms with Crippen molar-refractivity contribution in [2.24, 2.45) is 0 Å². The van der Waals surface area contributed by atoms with E-state index in [1.807, 2.05) is 32.9 Å². The Morgan fingerprint density at radius 2 is 2.19 bits per heavy atom. The molecular weight excluding hydrogens is 364 g/mol. The molecule has 0 aliphatic carbocycles. The average molecular weight is 388 g/mol. The highest BCUT2D eigenvalue weighted by molar-refractivity contribution is 7.15. The predicted octanol–water partition coefficient (Wildman–Crippen LogP) is 3.40. The minimum Gasteiger partial charge on any atom is -0.444 e. The lowest BCUT2D eigenvalue weighted by Crippen LogP contribution is -2.39. The van der Waals surface area contributed by atoms with Crippen LogP contribution in [0.3, 0.4) is 0 Å². The summed E-state index contributed by atoms with van der Waals surface area (Å²) in [5.74, 6) is -0.0750. The van der Waals surface area contributed by atoms with E-state index in [-0.39, 0.29) is 12.0 Å². The zero-order chi connectivity index (χ0) is 19.4. The fraction of sp³-hybridized carbons (Fsp3) is 0.474. The number of carbonyl (C=O) groups is 2. The summed E-state index contributed by atoms with van der Waals surface area (Å²) in [5, 5.41) is 3.45. The van der Waals surface area contributed by atoms with Crippen molar-refractivity contribution in [2.45, 2.75) is 52.2 Å². The molecule has 0 bridgehead atoms. The number of ether oxygens (including phenoxy) is 1. The topological polar surface area (TPSA) is 84.4 Å². The van der Waals surface area contributed by atoms with E-state index in [0.29, 0.717) is 37.5 Å². The largest absolute Gasteiger partial charge is 0.444 e. The number of aryl methyl sites for hydroxylation is 1. The van der Waals surface area contributed by atoms with Crippen LogP contribution in [-0.2, 0) is 28.9 Å². The van der Waals surface area contributed by atoms with E-state index < -0.39 is 5.60 Å². The molecule has 27 heavy (non-hydrogen) atoms. The van der Waals surface area contributed by atoms with Crippen molar-refractivity contribution in [3.63, 3.8) is 0 Å². The molecule has 3 heterocycles. The number of hydrogen-bond acceptors (Lipinski definition) is 6. The molecule has 1 aliphatic heterocycles. The van der Waals surface area contributed by atoms with Crippen molar-refractivity contribution in [1.82, 2.24) is 14.9 Å². The first-order valence-electron chi connectivity index (χ1n) is 8.95. The van der Waals surface area contributed by atoms with Gasteiger partial charge in [-0.1, -0.05) is 17.4 Å². The van der Waals surface area contributed by atoms with Gasteiger partial charge in [-0.2, -0.15) is 0 Å². The molecule has 0 aromatic carbocycles. The molecule has 144 valence electrons. The van der Waals surface area contributed by atoms with Crippen molar-refractivity contribution in [3.8, 4) is 0 Å². The summed E-state index contributed by atoms with van der Waals surface area (Å²) in [6.45, 7) is 6.60. The summed E-state index contributed by atoms with van der Waals surface area (Å²) in [5.41, 5.74) is 1.46. The van der Waals surface area contributed by atoms with Crippen molar-refractivity contribution in [3.05, 3.63) is 40.7 Å². The molecule has 0 unspecified atom stereocenters. The van der Waals surface area contributed by atoms with Gasteiger partial charge in [-0.3, -0.25) is 9.78 Å². The van der Waals surface area contributed by atoms with Crippen LogP contribution in [0.2, 0.25) is 0 Å². The quantitative estimate of drug-likeness (QED) is 0.868. The molecule has 0 saturated heterocycles. The number of thiazole rings is 1. The Hall–Kier alpha value is -2.48. The number of anilines is 1. The Morgan fingerprint density at radius 1 is 1.37 bits per heavy atom. The van der Waals surface area contributed by atoms with Gasteiger partial charge in [-0.15, -0.1) is 0 Å². The number of nitrogens with one attached hydrogen (secondary N) is 1. The Kier molecular flexibility index (Phi) is 5.74. The molecular formula is C19H24N4O3S. The number of amides is 2. The van der Waals surface area contributed by atoms with Gasteiger partial charge in [0.15, 0.2) is 5.13 Å². The zero-order valence-corrected chi connectivity index (χ0v) is 16.6. The second-order valence-electron chi connectivity index (χ2n) is 7.45. The summed E-state index contributed by atoms with van der Waals surface area (Å²) in [6.07, 6.45) is 4.84. The number of nitrogens with zero attached hydrogens (tertiary/aromatic N) is 3. The van der Waals surface area contributed by atoms with Gasteiger partial charge in [-0.25, -0.2) is 9.78 Å². The molecule has 0 atom stereocenters. The van der Waals surface area contributed by atoms with E-state index in [1.165, 1.54) is 11.3 Å². The van der Waals surface area contributed by atoms with Crippen LogP contribution in [-0.4, -0.2) is 39.0 Å². The van der Waals surface area contributed by atoms with E-state index in [1.54, 1.807) is 17.3 Å². The summed E-state index contributed by atoms with van der Waals surface area (Å²) in [7, 11) is 0. The average Bonchev–Trinajstić information content (AvgIpc) is 3.00. The maximum Gasteiger partial charge on any atom is 0.410 e. The van der Waals surface area contributed by atoms with Gasteiger partial charge in [-0.05, 0) is 38.8 Å². The molecule has 2 aromatic heterocycles. The number of hydrogen-bond donors (Lipinski definition) is 1. The van der Waals surface area contributed by atoms with Crippen LogP contribution < -0.4 is 5.32 Å². The lowest BCUT2D eigenvalue weighted by atomic mass is 10.1.